The van der Waals surface area contributed by atoms with E-state index < -0.39 is 12.8 Å². The number of ether oxygens (including phenoxy) is 3. The Bertz CT molecular complexity index is 663. The molecule has 1 heterocycles. The van der Waals surface area contributed by atoms with Crippen molar-refractivity contribution >= 4 is 18.8 Å². The van der Waals surface area contributed by atoms with E-state index in [0.717, 1.165) is 0 Å². The smallest absolute Gasteiger partial charge is 0.338 e. The van der Waals surface area contributed by atoms with Crippen LogP contribution in [0, 0.1) is 0 Å². The molecular formula is C15H17FN2O4S. The second-order valence-corrected chi connectivity index (χ2v) is 4.94. The topological polar surface area (TPSA) is 62.6 Å². The zero-order valence-corrected chi connectivity index (χ0v) is 13.5. The highest BCUT2D eigenvalue weighted by Crippen LogP contribution is 2.25. The molecule has 0 aliphatic heterocycles. The standard InChI is InChI=1S/C15H17FN2O4S/c1-2-8-20-15(19)11-4-3-5-13(22-10-16)12(11)9-21-14-6-7-18(23)17-14/h3-7,23H,2,8-10H2,1H3. The highest BCUT2D eigenvalue weighted by atomic mass is 32.1. The summed E-state index contributed by atoms with van der Waals surface area (Å²) < 4.78 is 29.4. The molecule has 1 aromatic carbocycles. The lowest BCUT2D eigenvalue weighted by molar-refractivity contribution is 0.0500. The van der Waals surface area contributed by atoms with Gasteiger partial charge in [0.05, 0.1) is 12.2 Å². The van der Waals surface area contributed by atoms with Crippen molar-refractivity contribution < 1.29 is 23.4 Å². The fourth-order valence-corrected chi connectivity index (χ4v) is 2.05. The first-order valence-electron chi connectivity index (χ1n) is 7.01. The molecule has 2 aromatic rings. The van der Waals surface area contributed by atoms with Gasteiger partial charge in [0.1, 0.15) is 12.4 Å². The Kier molecular flexibility index (Phi) is 6.28. The molecule has 0 saturated carbocycles. The molecule has 0 atom stereocenters. The fraction of sp³-hybridized carbons (Fsp3) is 0.333. The number of benzene rings is 1. The number of carbonyl (C=O) groups is 1. The number of rotatable bonds is 8. The van der Waals surface area contributed by atoms with Crippen molar-refractivity contribution in [3.8, 4) is 11.6 Å². The number of hydrogen-bond donors (Lipinski definition) is 1. The van der Waals surface area contributed by atoms with E-state index >= 15 is 0 Å². The summed E-state index contributed by atoms with van der Waals surface area (Å²) in [5, 5.41) is 3.95. The van der Waals surface area contributed by atoms with E-state index in [1.54, 1.807) is 30.5 Å². The third kappa shape index (κ3) is 4.62. The zero-order chi connectivity index (χ0) is 16.7. The molecule has 2 rings (SSSR count). The van der Waals surface area contributed by atoms with Gasteiger partial charge in [-0.05, 0) is 31.4 Å². The maximum Gasteiger partial charge on any atom is 0.338 e. The van der Waals surface area contributed by atoms with Gasteiger partial charge in [-0.25, -0.2) is 13.3 Å². The predicted molar refractivity (Wildman–Crippen MR) is 84.6 cm³/mol. The molecule has 6 nitrogen and oxygen atoms in total. The number of thiol groups is 1. The number of hydrogen-bond acceptors (Lipinski definition) is 6. The summed E-state index contributed by atoms with van der Waals surface area (Å²) in [7, 11) is 0. The van der Waals surface area contributed by atoms with Crippen LogP contribution in [0.1, 0.15) is 29.3 Å². The van der Waals surface area contributed by atoms with Crippen LogP contribution in [-0.2, 0) is 11.3 Å². The molecule has 0 amide bonds. The molecule has 124 valence electrons. The van der Waals surface area contributed by atoms with E-state index in [2.05, 4.69) is 17.9 Å². The second-order valence-electron chi connectivity index (χ2n) is 4.53. The largest absolute Gasteiger partial charge is 0.472 e. The summed E-state index contributed by atoms with van der Waals surface area (Å²) in [6.07, 6.45) is 2.30. The van der Waals surface area contributed by atoms with Gasteiger partial charge in [0.2, 0.25) is 12.7 Å². The summed E-state index contributed by atoms with van der Waals surface area (Å²) in [4.78, 5) is 12.1. The number of aromatic nitrogens is 2. The molecule has 0 aliphatic rings. The van der Waals surface area contributed by atoms with Gasteiger partial charge >= 0.3 is 5.97 Å². The quantitative estimate of drug-likeness (QED) is 0.591. The Morgan fingerprint density at radius 1 is 1.35 bits per heavy atom. The monoisotopic (exact) mass is 340 g/mol. The maximum absolute atomic E-state index is 12.6. The normalized spacial score (nSPS) is 10.4. The average Bonchev–Trinajstić information content (AvgIpc) is 2.97. The van der Waals surface area contributed by atoms with Crippen LogP contribution in [0.2, 0.25) is 0 Å². The van der Waals surface area contributed by atoms with Gasteiger partial charge in [0, 0.05) is 17.8 Å². The predicted octanol–water partition coefficient (Wildman–Crippen LogP) is 3.03. The van der Waals surface area contributed by atoms with Crippen LogP contribution >= 0.6 is 12.8 Å². The molecule has 23 heavy (non-hydrogen) atoms. The van der Waals surface area contributed by atoms with E-state index in [1.807, 2.05) is 6.92 Å². The van der Waals surface area contributed by atoms with Crippen LogP contribution in [-0.4, -0.2) is 28.6 Å². The van der Waals surface area contributed by atoms with E-state index in [0.29, 0.717) is 24.5 Å². The summed E-state index contributed by atoms with van der Waals surface area (Å²) in [5.41, 5.74) is 0.676. The highest BCUT2D eigenvalue weighted by Gasteiger charge is 2.18. The van der Waals surface area contributed by atoms with Crippen LogP contribution in [0.5, 0.6) is 11.6 Å². The minimum atomic E-state index is -1.01. The van der Waals surface area contributed by atoms with Crippen molar-refractivity contribution in [3.63, 3.8) is 0 Å². The molecule has 0 unspecified atom stereocenters. The van der Waals surface area contributed by atoms with Crippen molar-refractivity contribution in [2.75, 3.05) is 13.5 Å². The van der Waals surface area contributed by atoms with Crippen molar-refractivity contribution in [1.29, 1.82) is 0 Å². The fourth-order valence-electron chi connectivity index (χ4n) is 1.89. The summed E-state index contributed by atoms with van der Waals surface area (Å²) in [6.45, 7) is 1.17. The number of carbonyl (C=O) groups excluding carboxylic acids is 1. The van der Waals surface area contributed by atoms with Gasteiger partial charge in [-0.15, -0.1) is 5.10 Å². The first-order valence-corrected chi connectivity index (χ1v) is 7.41. The minimum absolute atomic E-state index is 0.0163. The summed E-state index contributed by atoms with van der Waals surface area (Å²) in [6, 6.07) is 6.35. The lowest BCUT2D eigenvalue weighted by Gasteiger charge is -2.13. The van der Waals surface area contributed by atoms with Crippen LogP contribution in [0.15, 0.2) is 30.5 Å². The van der Waals surface area contributed by atoms with E-state index in [-0.39, 0.29) is 17.9 Å². The SMILES string of the molecule is CCCOC(=O)c1cccc(OCF)c1COc1ccn(S)n1. The van der Waals surface area contributed by atoms with Crippen LogP contribution in [0.3, 0.4) is 0 Å². The third-order valence-corrected chi connectivity index (χ3v) is 3.14. The number of nitrogens with zero attached hydrogens (tertiary/aromatic N) is 2. The summed E-state index contributed by atoms with van der Waals surface area (Å²) >= 11 is 4.01. The molecule has 0 fully saturated rings. The molecule has 1 aromatic heterocycles. The van der Waals surface area contributed by atoms with Crippen molar-refractivity contribution in [1.82, 2.24) is 9.19 Å². The first-order chi connectivity index (χ1) is 11.2. The highest BCUT2D eigenvalue weighted by molar-refractivity contribution is 7.78. The second kappa shape index (κ2) is 8.42. The lowest BCUT2D eigenvalue weighted by atomic mass is 10.1. The molecule has 0 spiro atoms. The van der Waals surface area contributed by atoms with Crippen molar-refractivity contribution in [3.05, 3.63) is 41.6 Å². The molecule has 0 radical (unpaired) electrons. The molecule has 0 saturated heterocycles. The van der Waals surface area contributed by atoms with Crippen molar-refractivity contribution in [2.24, 2.45) is 0 Å². The molecular weight excluding hydrogens is 323 g/mol. The Hall–Kier alpha value is -2.22. The molecule has 0 N–H and O–H groups in total. The van der Waals surface area contributed by atoms with Gasteiger partial charge in [-0.3, -0.25) is 0 Å². The van der Waals surface area contributed by atoms with Crippen LogP contribution in [0.4, 0.5) is 4.39 Å². The first kappa shape index (κ1) is 17.1. The minimum Gasteiger partial charge on any atom is -0.472 e. The van der Waals surface area contributed by atoms with E-state index in [9.17, 15) is 9.18 Å². The Morgan fingerprint density at radius 3 is 2.83 bits per heavy atom. The molecule has 0 aliphatic carbocycles. The Labute approximate surface area is 138 Å². The Morgan fingerprint density at radius 2 is 2.17 bits per heavy atom. The van der Waals surface area contributed by atoms with Gasteiger partial charge in [-0.2, -0.15) is 0 Å². The van der Waals surface area contributed by atoms with Gasteiger partial charge in [-0.1, -0.05) is 13.0 Å². The van der Waals surface area contributed by atoms with Crippen LogP contribution < -0.4 is 9.47 Å². The van der Waals surface area contributed by atoms with Gasteiger partial charge in [0.25, 0.3) is 0 Å². The van der Waals surface area contributed by atoms with Gasteiger partial charge in [0.15, 0.2) is 0 Å². The Balaban J connectivity index is 2.23. The van der Waals surface area contributed by atoms with Crippen LogP contribution in [0.25, 0.3) is 0 Å². The molecule has 0 bridgehead atoms. The van der Waals surface area contributed by atoms with E-state index in [4.69, 9.17) is 14.2 Å². The lowest BCUT2D eigenvalue weighted by Crippen LogP contribution is -2.12. The van der Waals surface area contributed by atoms with Gasteiger partial charge < -0.3 is 14.2 Å². The number of halogens is 1. The third-order valence-electron chi connectivity index (χ3n) is 2.92. The number of esters is 1. The molecule has 8 heteroatoms. The van der Waals surface area contributed by atoms with Crippen molar-refractivity contribution in [2.45, 2.75) is 20.0 Å². The van der Waals surface area contributed by atoms with E-state index in [1.165, 1.54) is 4.09 Å². The zero-order valence-electron chi connectivity index (χ0n) is 12.6. The maximum atomic E-state index is 12.6. The summed E-state index contributed by atoms with van der Waals surface area (Å²) in [5.74, 6) is 0.0427. The number of alkyl halides is 1. The average molecular weight is 340 g/mol.